The first-order valence-corrected chi connectivity index (χ1v) is 5.88. The van der Waals surface area contributed by atoms with Crippen molar-refractivity contribution in [3.63, 3.8) is 0 Å². The maximum atomic E-state index is 5.37. The first-order chi connectivity index (χ1) is 7.63. The summed E-state index contributed by atoms with van der Waals surface area (Å²) in [6.07, 6.45) is 2.78. The van der Waals surface area contributed by atoms with Gasteiger partial charge in [-0.15, -0.1) is 0 Å². The Morgan fingerprint density at radius 1 is 1.31 bits per heavy atom. The molecule has 0 amide bonds. The number of ether oxygens (including phenoxy) is 2. The topological polar surface area (TPSA) is 21.8 Å². The van der Waals surface area contributed by atoms with Crippen molar-refractivity contribution in [2.45, 2.75) is 39.7 Å². The highest BCUT2D eigenvalue weighted by Crippen LogP contribution is 2.29. The summed E-state index contributed by atoms with van der Waals surface area (Å²) in [5.41, 5.74) is 5.44. The van der Waals surface area contributed by atoms with Crippen LogP contribution in [0, 0.1) is 20.8 Å². The quantitative estimate of drug-likeness (QED) is 0.728. The first-order valence-electron chi connectivity index (χ1n) is 5.88. The molecule has 1 atom stereocenters. The number of aryl methyl sites for hydroxylation is 1. The van der Waals surface area contributed by atoms with Crippen molar-refractivity contribution < 1.29 is 9.47 Å². The lowest BCUT2D eigenvalue weighted by molar-refractivity contribution is 0.396. The molecule has 0 aliphatic carbocycles. The van der Waals surface area contributed by atoms with E-state index in [1.165, 1.54) is 22.3 Å². The molecule has 1 aliphatic rings. The van der Waals surface area contributed by atoms with Gasteiger partial charge in [0, 0.05) is 0 Å². The number of benzene rings is 1. The fourth-order valence-corrected chi connectivity index (χ4v) is 2.24. The summed E-state index contributed by atoms with van der Waals surface area (Å²) in [7, 11) is 1.74. The van der Waals surface area contributed by atoms with Crippen molar-refractivity contribution in [1.82, 2.24) is 0 Å². The third kappa shape index (κ3) is 2.22. The summed E-state index contributed by atoms with van der Waals surface area (Å²) in [6.45, 7) is 7.43. The molecule has 16 heavy (non-hydrogen) atoms. The van der Waals surface area contributed by atoms with Gasteiger partial charge in [-0.1, -0.05) is 0 Å². The molecule has 1 saturated heterocycles. The van der Waals surface area contributed by atoms with Crippen molar-refractivity contribution in [1.29, 1.82) is 0 Å². The average Bonchev–Trinajstić information content (AvgIpc) is 3.07. The lowest BCUT2D eigenvalue weighted by Gasteiger charge is -2.15. The molecule has 0 saturated carbocycles. The van der Waals surface area contributed by atoms with Crippen LogP contribution in [0.3, 0.4) is 0 Å². The van der Waals surface area contributed by atoms with Crippen LogP contribution in [0.25, 0.3) is 0 Å². The van der Waals surface area contributed by atoms with Gasteiger partial charge in [-0.2, -0.15) is 0 Å². The van der Waals surface area contributed by atoms with Crippen LogP contribution in [0.2, 0.25) is 0 Å². The van der Waals surface area contributed by atoms with E-state index in [0.717, 1.165) is 25.2 Å². The smallest absolute Gasteiger partial charge is 0.122 e. The Morgan fingerprint density at radius 2 is 2.00 bits per heavy atom. The second-order valence-corrected chi connectivity index (χ2v) is 4.62. The number of rotatable bonds is 4. The van der Waals surface area contributed by atoms with E-state index in [-0.39, 0.29) is 0 Å². The molecule has 1 aromatic carbocycles. The molecule has 1 aliphatic heterocycles. The normalized spacial score (nSPS) is 18.6. The Balaban J connectivity index is 2.24. The van der Waals surface area contributed by atoms with Crippen molar-refractivity contribution in [2.24, 2.45) is 0 Å². The molecular formula is C14H20O2. The second-order valence-electron chi connectivity index (χ2n) is 4.62. The van der Waals surface area contributed by atoms with E-state index >= 15 is 0 Å². The minimum Gasteiger partial charge on any atom is -0.496 e. The van der Waals surface area contributed by atoms with Gasteiger partial charge in [-0.3, -0.25) is 0 Å². The van der Waals surface area contributed by atoms with E-state index in [9.17, 15) is 0 Å². The minimum atomic E-state index is 0.515. The van der Waals surface area contributed by atoms with Crippen LogP contribution >= 0.6 is 0 Å². The summed E-state index contributed by atoms with van der Waals surface area (Å²) in [5.74, 6) is 1.00. The van der Waals surface area contributed by atoms with Gasteiger partial charge in [0.05, 0.1) is 19.8 Å². The molecule has 0 spiro atoms. The van der Waals surface area contributed by atoms with E-state index < -0.39 is 0 Å². The Labute approximate surface area is 97.6 Å². The van der Waals surface area contributed by atoms with E-state index in [1.54, 1.807) is 7.11 Å². The highest BCUT2D eigenvalue weighted by Gasteiger charge is 2.22. The van der Waals surface area contributed by atoms with Gasteiger partial charge in [0.15, 0.2) is 0 Å². The Kier molecular flexibility index (Phi) is 3.20. The lowest BCUT2D eigenvalue weighted by Crippen LogP contribution is -2.01. The predicted octanol–water partition coefficient (Wildman–Crippen LogP) is 2.95. The van der Waals surface area contributed by atoms with Crippen molar-refractivity contribution in [3.05, 3.63) is 28.3 Å². The number of hydrogen-bond acceptors (Lipinski definition) is 2. The summed E-state index contributed by atoms with van der Waals surface area (Å²) < 4.78 is 10.6. The summed E-state index contributed by atoms with van der Waals surface area (Å²) in [6, 6.07) is 2.14. The largest absolute Gasteiger partial charge is 0.496 e. The van der Waals surface area contributed by atoms with E-state index in [1.807, 2.05) is 0 Å². The Hall–Kier alpha value is -1.02. The molecule has 0 bridgehead atoms. The SMILES string of the molecule is COc1cc(C)c(CCC2CO2)c(C)c1C. The monoisotopic (exact) mass is 220 g/mol. The van der Waals surface area contributed by atoms with Crippen LogP contribution < -0.4 is 4.74 Å². The number of methoxy groups -OCH3 is 1. The maximum Gasteiger partial charge on any atom is 0.122 e. The fourth-order valence-electron chi connectivity index (χ4n) is 2.24. The first kappa shape index (κ1) is 11.5. The van der Waals surface area contributed by atoms with E-state index in [2.05, 4.69) is 26.8 Å². The molecule has 2 nitrogen and oxygen atoms in total. The average molecular weight is 220 g/mol. The van der Waals surface area contributed by atoms with Gasteiger partial charge >= 0.3 is 0 Å². The van der Waals surface area contributed by atoms with Gasteiger partial charge in [-0.05, 0) is 61.9 Å². The molecule has 0 aromatic heterocycles. The van der Waals surface area contributed by atoms with Crippen LogP contribution in [0.4, 0.5) is 0 Å². The van der Waals surface area contributed by atoms with Gasteiger partial charge < -0.3 is 9.47 Å². The molecule has 88 valence electrons. The van der Waals surface area contributed by atoms with Gasteiger partial charge in [0.25, 0.3) is 0 Å². The zero-order valence-corrected chi connectivity index (χ0v) is 10.6. The van der Waals surface area contributed by atoms with Crippen LogP contribution in [0.1, 0.15) is 28.7 Å². The van der Waals surface area contributed by atoms with Crippen molar-refractivity contribution >= 4 is 0 Å². The highest BCUT2D eigenvalue weighted by atomic mass is 16.6. The molecule has 1 heterocycles. The minimum absolute atomic E-state index is 0.515. The molecule has 1 fully saturated rings. The van der Waals surface area contributed by atoms with E-state index in [4.69, 9.17) is 9.47 Å². The number of epoxide rings is 1. The lowest BCUT2D eigenvalue weighted by atomic mass is 9.94. The van der Waals surface area contributed by atoms with Gasteiger partial charge in [0.1, 0.15) is 5.75 Å². The van der Waals surface area contributed by atoms with Crippen molar-refractivity contribution in [3.8, 4) is 5.75 Å². The molecular weight excluding hydrogens is 200 g/mol. The van der Waals surface area contributed by atoms with Crippen LogP contribution in [0.5, 0.6) is 5.75 Å². The zero-order chi connectivity index (χ0) is 11.7. The van der Waals surface area contributed by atoms with Crippen molar-refractivity contribution in [2.75, 3.05) is 13.7 Å². The zero-order valence-electron chi connectivity index (χ0n) is 10.6. The molecule has 2 heteroatoms. The predicted molar refractivity (Wildman–Crippen MR) is 65.3 cm³/mol. The Morgan fingerprint density at radius 3 is 2.56 bits per heavy atom. The summed E-state index contributed by atoms with van der Waals surface area (Å²) in [4.78, 5) is 0. The highest BCUT2D eigenvalue weighted by molar-refractivity contribution is 5.48. The van der Waals surface area contributed by atoms with E-state index in [0.29, 0.717) is 6.10 Å². The molecule has 1 aromatic rings. The fraction of sp³-hybridized carbons (Fsp3) is 0.571. The van der Waals surface area contributed by atoms with Gasteiger partial charge in [-0.25, -0.2) is 0 Å². The number of hydrogen-bond donors (Lipinski definition) is 0. The maximum absolute atomic E-state index is 5.37. The van der Waals surface area contributed by atoms with Crippen LogP contribution in [-0.2, 0) is 11.2 Å². The molecule has 2 rings (SSSR count). The van der Waals surface area contributed by atoms with Crippen LogP contribution in [0.15, 0.2) is 6.07 Å². The summed E-state index contributed by atoms with van der Waals surface area (Å²) >= 11 is 0. The van der Waals surface area contributed by atoms with Crippen LogP contribution in [-0.4, -0.2) is 19.8 Å². The second kappa shape index (κ2) is 4.46. The van der Waals surface area contributed by atoms with Gasteiger partial charge in [0.2, 0.25) is 0 Å². The Bertz CT molecular complexity index is 392. The third-order valence-corrected chi connectivity index (χ3v) is 3.55. The molecule has 0 N–H and O–H groups in total. The summed E-state index contributed by atoms with van der Waals surface area (Å²) in [5, 5.41) is 0. The molecule has 1 unspecified atom stereocenters. The standard InChI is InChI=1S/C14H20O2/c1-9-7-14(15-4)11(3)10(2)13(9)6-5-12-8-16-12/h7,12H,5-6,8H2,1-4H3. The third-order valence-electron chi connectivity index (χ3n) is 3.55. The molecule has 0 radical (unpaired) electrons.